The number of aromatic nitrogens is 2. The van der Waals surface area contributed by atoms with Gasteiger partial charge in [-0.25, -0.2) is 0 Å². The summed E-state index contributed by atoms with van der Waals surface area (Å²) >= 11 is 0. The number of hydrogen-bond acceptors (Lipinski definition) is 7. The SMILES string of the molecule is CC(O)C1(C(=O)N[C@H](c2nnco2)[C@@H](C)O[Si](C)(C)C(C)(C)C)CCCN1Cc1ccccc1. The molecule has 1 fully saturated rings. The van der Waals surface area contributed by atoms with Crippen molar-refractivity contribution >= 4 is 14.2 Å². The van der Waals surface area contributed by atoms with Crippen LogP contribution in [0.1, 0.15) is 65.0 Å². The molecule has 9 heteroatoms. The molecule has 2 heterocycles. The highest BCUT2D eigenvalue weighted by molar-refractivity contribution is 6.74. The lowest BCUT2D eigenvalue weighted by Crippen LogP contribution is -2.62. The number of hydrogen-bond donors (Lipinski definition) is 2. The Morgan fingerprint density at radius 1 is 1.29 bits per heavy atom. The largest absolute Gasteiger partial charge is 0.426 e. The number of aliphatic hydroxyl groups excluding tert-OH is 1. The smallest absolute Gasteiger partial charge is 0.243 e. The molecule has 1 aromatic carbocycles. The van der Waals surface area contributed by atoms with Crippen molar-refractivity contribution in [2.75, 3.05) is 6.54 Å². The lowest BCUT2D eigenvalue weighted by atomic mass is 9.88. The Morgan fingerprint density at radius 3 is 2.53 bits per heavy atom. The minimum absolute atomic E-state index is 0.00341. The van der Waals surface area contributed by atoms with Gasteiger partial charge in [0.25, 0.3) is 0 Å². The summed E-state index contributed by atoms with van der Waals surface area (Å²) in [6.45, 7) is 15.8. The van der Waals surface area contributed by atoms with E-state index < -0.39 is 26.0 Å². The molecule has 0 aliphatic carbocycles. The highest BCUT2D eigenvalue weighted by Gasteiger charge is 2.52. The predicted molar refractivity (Wildman–Crippen MR) is 133 cm³/mol. The van der Waals surface area contributed by atoms with Gasteiger partial charge < -0.3 is 19.3 Å². The third-order valence-corrected chi connectivity index (χ3v) is 12.1. The van der Waals surface area contributed by atoms with Crippen LogP contribution in [0.4, 0.5) is 0 Å². The molecule has 34 heavy (non-hydrogen) atoms. The first kappa shape index (κ1) is 26.5. The fraction of sp³-hybridized carbons (Fsp3) is 0.640. The zero-order chi connectivity index (χ0) is 25.1. The van der Waals surface area contributed by atoms with E-state index in [2.05, 4.69) is 54.3 Å². The second-order valence-corrected chi connectivity index (χ2v) is 15.7. The Balaban J connectivity index is 1.88. The summed E-state index contributed by atoms with van der Waals surface area (Å²) < 4.78 is 12.1. The van der Waals surface area contributed by atoms with Crippen molar-refractivity contribution in [2.45, 2.75) is 95.9 Å². The Morgan fingerprint density at radius 2 is 1.97 bits per heavy atom. The Bertz CT molecular complexity index is 930. The third-order valence-electron chi connectivity index (χ3n) is 7.54. The number of likely N-dealkylation sites (tertiary alicyclic amines) is 1. The van der Waals surface area contributed by atoms with Gasteiger partial charge in [0.15, 0.2) is 8.32 Å². The van der Waals surface area contributed by atoms with Crippen LogP contribution in [0.5, 0.6) is 0 Å². The minimum Gasteiger partial charge on any atom is -0.426 e. The zero-order valence-electron chi connectivity index (χ0n) is 21.5. The molecule has 1 aliphatic rings. The van der Waals surface area contributed by atoms with Gasteiger partial charge in [0.1, 0.15) is 11.6 Å². The first-order chi connectivity index (χ1) is 15.9. The standard InChI is InChI=1S/C25H40N4O4Si/c1-18(33-34(6,7)24(3,4)5)21(22-28-26-17-32-22)27-23(31)25(19(2)30)14-11-15-29(25)16-20-12-9-8-10-13-20/h8-10,12-13,17-19,21,30H,11,14-16H2,1-7H3,(H,27,31)/t18-,19?,21+,25?/m1/s1. The van der Waals surface area contributed by atoms with Crippen molar-refractivity contribution in [3.8, 4) is 0 Å². The van der Waals surface area contributed by atoms with E-state index in [-0.39, 0.29) is 17.0 Å². The van der Waals surface area contributed by atoms with Crippen molar-refractivity contribution < 1.29 is 18.7 Å². The maximum Gasteiger partial charge on any atom is 0.243 e. The lowest BCUT2D eigenvalue weighted by molar-refractivity contribution is -0.141. The molecule has 1 aromatic heterocycles. The van der Waals surface area contributed by atoms with Gasteiger partial charge in [0.05, 0.1) is 12.2 Å². The summed E-state index contributed by atoms with van der Waals surface area (Å²) in [4.78, 5) is 16.0. The normalized spacial score (nSPS) is 22.4. The molecule has 1 saturated heterocycles. The Kier molecular flexibility index (Phi) is 8.02. The van der Waals surface area contributed by atoms with Gasteiger partial charge in [-0.05, 0) is 56.9 Å². The van der Waals surface area contributed by atoms with Gasteiger partial charge >= 0.3 is 0 Å². The first-order valence-electron chi connectivity index (χ1n) is 12.1. The van der Waals surface area contributed by atoms with Crippen molar-refractivity contribution in [3.05, 3.63) is 48.2 Å². The molecule has 4 atom stereocenters. The van der Waals surface area contributed by atoms with E-state index in [4.69, 9.17) is 8.84 Å². The maximum absolute atomic E-state index is 13.9. The van der Waals surface area contributed by atoms with Gasteiger partial charge in [-0.1, -0.05) is 51.1 Å². The molecule has 0 spiro atoms. The van der Waals surface area contributed by atoms with E-state index in [1.807, 2.05) is 37.3 Å². The van der Waals surface area contributed by atoms with Crippen molar-refractivity contribution in [2.24, 2.45) is 0 Å². The summed E-state index contributed by atoms with van der Waals surface area (Å²) in [6, 6.07) is 9.40. The van der Waals surface area contributed by atoms with Crippen LogP contribution in [0.3, 0.4) is 0 Å². The van der Waals surface area contributed by atoms with E-state index >= 15 is 0 Å². The summed E-state index contributed by atoms with van der Waals surface area (Å²) in [7, 11) is -2.13. The number of carbonyl (C=O) groups excluding carboxylic acids is 1. The van der Waals surface area contributed by atoms with Crippen LogP contribution < -0.4 is 5.32 Å². The first-order valence-corrected chi connectivity index (χ1v) is 15.0. The molecule has 0 bridgehead atoms. The number of nitrogens with one attached hydrogen (secondary N) is 1. The highest BCUT2D eigenvalue weighted by atomic mass is 28.4. The summed E-state index contributed by atoms with van der Waals surface area (Å²) in [5.41, 5.74) is 0.0513. The molecule has 0 radical (unpaired) electrons. The molecule has 2 unspecified atom stereocenters. The monoisotopic (exact) mass is 488 g/mol. The number of benzene rings is 1. The molecule has 8 nitrogen and oxygen atoms in total. The van der Waals surface area contributed by atoms with Crippen molar-refractivity contribution in [3.63, 3.8) is 0 Å². The number of aliphatic hydroxyl groups is 1. The van der Waals surface area contributed by atoms with E-state index in [0.29, 0.717) is 18.9 Å². The average Bonchev–Trinajstić information content (AvgIpc) is 3.42. The molecule has 2 N–H and O–H groups in total. The number of amides is 1. The van der Waals surface area contributed by atoms with Gasteiger partial charge in [-0.15, -0.1) is 10.2 Å². The van der Waals surface area contributed by atoms with Gasteiger partial charge in [0, 0.05) is 6.54 Å². The quantitative estimate of drug-likeness (QED) is 0.514. The van der Waals surface area contributed by atoms with Crippen LogP contribution in [-0.4, -0.2) is 58.7 Å². The lowest BCUT2D eigenvalue weighted by Gasteiger charge is -2.42. The summed E-state index contributed by atoms with van der Waals surface area (Å²) in [5, 5.41) is 22.0. The topological polar surface area (TPSA) is 101 Å². The van der Waals surface area contributed by atoms with E-state index in [1.165, 1.54) is 6.39 Å². The van der Waals surface area contributed by atoms with Crippen molar-refractivity contribution in [1.29, 1.82) is 0 Å². The van der Waals surface area contributed by atoms with E-state index in [0.717, 1.165) is 18.5 Å². The van der Waals surface area contributed by atoms with E-state index in [1.54, 1.807) is 6.92 Å². The van der Waals surface area contributed by atoms with Crippen LogP contribution in [0, 0.1) is 0 Å². The molecule has 2 aromatic rings. The van der Waals surface area contributed by atoms with Crippen LogP contribution in [0.2, 0.25) is 18.1 Å². The zero-order valence-corrected chi connectivity index (χ0v) is 22.5. The second-order valence-electron chi connectivity index (χ2n) is 10.9. The summed E-state index contributed by atoms with van der Waals surface area (Å²) in [5.74, 6) is 0.0534. The molecule has 188 valence electrons. The van der Waals surface area contributed by atoms with E-state index in [9.17, 15) is 9.90 Å². The van der Waals surface area contributed by atoms with Gasteiger partial charge in [-0.2, -0.15) is 0 Å². The van der Waals surface area contributed by atoms with Crippen LogP contribution in [0.15, 0.2) is 41.1 Å². The van der Waals surface area contributed by atoms with Gasteiger partial charge in [-0.3, -0.25) is 9.69 Å². The molecule has 1 amide bonds. The third kappa shape index (κ3) is 5.43. The molecule has 1 aliphatic heterocycles. The maximum atomic E-state index is 13.9. The van der Waals surface area contributed by atoms with Crippen LogP contribution >= 0.6 is 0 Å². The summed E-state index contributed by atoms with van der Waals surface area (Å²) in [6.07, 6.45) is 1.40. The Hall–Kier alpha value is -2.07. The van der Waals surface area contributed by atoms with Crippen LogP contribution in [0.25, 0.3) is 0 Å². The molecular weight excluding hydrogens is 448 g/mol. The second kappa shape index (κ2) is 10.3. The van der Waals surface area contributed by atoms with Crippen LogP contribution in [-0.2, 0) is 15.8 Å². The average molecular weight is 489 g/mol. The molecule has 3 rings (SSSR count). The number of carbonyl (C=O) groups is 1. The Labute approximate surface area is 204 Å². The van der Waals surface area contributed by atoms with Gasteiger partial charge in [0.2, 0.25) is 18.2 Å². The molecule has 0 saturated carbocycles. The fourth-order valence-corrected chi connectivity index (χ4v) is 5.93. The highest BCUT2D eigenvalue weighted by Crippen LogP contribution is 2.39. The number of nitrogens with zero attached hydrogens (tertiary/aromatic N) is 3. The fourth-order valence-electron chi connectivity index (χ4n) is 4.51. The predicted octanol–water partition coefficient (Wildman–Crippen LogP) is 4.05. The minimum atomic E-state index is -2.13. The number of rotatable bonds is 9. The molecular formula is C25H40N4O4Si. The van der Waals surface area contributed by atoms with Crippen molar-refractivity contribution in [1.82, 2.24) is 20.4 Å².